The van der Waals surface area contributed by atoms with Crippen LogP contribution in [0.15, 0.2) is 64.5 Å². The molecule has 1 heterocycles. The third-order valence-electron chi connectivity index (χ3n) is 3.82. The molecule has 0 amide bonds. The standard InChI is InChI=1S/C19H18N2O2S/c1-21-18(23)15-10-5-6-11-16(15)20-19(21)24-13-7-12-17(22)14-8-3-2-4-9-14/h2-6,8-11H,7,12-13H2,1H3. The average molecular weight is 338 g/mol. The number of benzene rings is 2. The summed E-state index contributed by atoms with van der Waals surface area (Å²) >= 11 is 1.51. The second-order valence-corrected chi connectivity index (χ2v) is 6.58. The summed E-state index contributed by atoms with van der Waals surface area (Å²) in [5.41, 5.74) is 1.42. The van der Waals surface area contributed by atoms with Crippen molar-refractivity contribution in [2.24, 2.45) is 7.05 Å². The molecule has 0 aliphatic rings. The van der Waals surface area contributed by atoms with Crippen LogP contribution in [0, 0.1) is 0 Å². The molecular weight excluding hydrogens is 320 g/mol. The van der Waals surface area contributed by atoms with Gasteiger partial charge < -0.3 is 0 Å². The minimum Gasteiger partial charge on any atom is -0.294 e. The van der Waals surface area contributed by atoms with Gasteiger partial charge in [0, 0.05) is 24.8 Å². The summed E-state index contributed by atoms with van der Waals surface area (Å²) in [7, 11) is 1.74. The maximum absolute atomic E-state index is 12.3. The van der Waals surface area contributed by atoms with Crippen LogP contribution in [0.5, 0.6) is 0 Å². The van der Waals surface area contributed by atoms with Gasteiger partial charge in [-0.15, -0.1) is 0 Å². The Morgan fingerprint density at radius 3 is 2.58 bits per heavy atom. The van der Waals surface area contributed by atoms with Crippen LogP contribution in [0.2, 0.25) is 0 Å². The van der Waals surface area contributed by atoms with Crippen molar-refractivity contribution in [2.45, 2.75) is 18.0 Å². The number of hydrogen-bond donors (Lipinski definition) is 0. The van der Waals surface area contributed by atoms with E-state index in [1.807, 2.05) is 48.5 Å². The maximum Gasteiger partial charge on any atom is 0.261 e. The van der Waals surface area contributed by atoms with Crippen molar-refractivity contribution in [3.8, 4) is 0 Å². The number of aromatic nitrogens is 2. The molecule has 0 radical (unpaired) electrons. The van der Waals surface area contributed by atoms with Gasteiger partial charge in [-0.25, -0.2) is 4.98 Å². The first kappa shape index (κ1) is 16.5. The number of hydrogen-bond acceptors (Lipinski definition) is 4. The fraction of sp³-hybridized carbons (Fsp3) is 0.211. The van der Waals surface area contributed by atoms with E-state index in [4.69, 9.17) is 0 Å². The van der Waals surface area contributed by atoms with Gasteiger partial charge in [0.1, 0.15) is 0 Å². The van der Waals surface area contributed by atoms with Crippen LogP contribution in [0.25, 0.3) is 10.9 Å². The third-order valence-corrected chi connectivity index (χ3v) is 4.93. The van der Waals surface area contributed by atoms with Gasteiger partial charge in [-0.2, -0.15) is 0 Å². The number of thioether (sulfide) groups is 1. The van der Waals surface area contributed by atoms with Crippen LogP contribution in [-0.2, 0) is 7.05 Å². The molecule has 0 atom stereocenters. The molecule has 0 bridgehead atoms. The topological polar surface area (TPSA) is 52.0 Å². The normalized spacial score (nSPS) is 10.9. The zero-order chi connectivity index (χ0) is 16.9. The van der Waals surface area contributed by atoms with E-state index in [1.165, 1.54) is 11.8 Å². The zero-order valence-corrected chi connectivity index (χ0v) is 14.3. The second kappa shape index (κ2) is 7.45. The highest BCUT2D eigenvalue weighted by Gasteiger charge is 2.09. The van der Waals surface area contributed by atoms with E-state index in [2.05, 4.69) is 4.98 Å². The summed E-state index contributed by atoms with van der Waals surface area (Å²) in [4.78, 5) is 29.0. The van der Waals surface area contributed by atoms with Crippen molar-refractivity contribution in [2.75, 3.05) is 5.75 Å². The molecule has 3 aromatic rings. The molecule has 0 spiro atoms. The van der Waals surface area contributed by atoms with Gasteiger partial charge in [-0.3, -0.25) is 14.2 Å². The Kier molecular flexibility index (Phi) is 5.11. The van der Waals surface area contributed by atoms with Gasteiger partial charge in [0.05, 0.1) is 10.9 Å². The first-order valence-electron chi connectivity index (χ1n) is 7.83. The zero-order valence-electron chi connectivity index (χ0n) is 13.4. The lowest BCUT2D eigenvalue weighted by atomic mass is 10.1. The lowest BCUT2D eigenvalue weighted by Gasteiger charge is -2.08. The monoisotopic (exact) mass is 338 g/mol. The van der Waals surface area contributed by atoms with Crippen molar-refractivity contribution < 1.29 is 4.79 Å². The second-order valence-electron chi connectivity index (χ2n) is 5.52. The predicted octanol–water partition coefficient (Wildman–Crippen LogP) is 3.69. The molecule has 0 unspecified atom stereocenters. The number of fused-ring (bicyclic) bond motifs is 1. The first-order chi connectivity index (χ1) is 11.7. The molecule has 4 nitrogen and oxygen atoms in total. The van der Waals surface area contributed by atoms with Crippen LogP contribution in [0.1, 0.15) is 23.2 Å². The van der Waals surface area contributed by atoms with Gasteiger partial charge in [-0.1, -0.05) is 54.2 Å². The van der Waals surface area contributed by atoms with Crippen LogP contribution in [0.3, 0.4) is 0 Å². The van der Waals surface area contributed by atoms with Gasteiger partial charge >= 0.3 is 0 Å². The number of rotatable bonds is 6. The highest BCUT2D eigenvalue weighted by atomic mass is 32.2. The Bertz CT molecular complexity index is 920. The van der Waals surface area contributed by atoms with E-state index < -0.39 is 0 Å². The lowest BCUT2D eigenvalue weighted by Crippen LogP contribution is -2.20. The van der Waals surface area contributed by atoms with Crippen LogP contribution in [-0.4, -0.2) is 21.1 Å². The van der Waals surface area contributed by atoms with Gasteiger partial charge in [0.2, 0.25) is 0 Å². The van der Waals surface area contributed by atoms with E-state index in [-0.39, 0.29) is 11.3 Å². The van der Waals surface area contributed by atoms with Crippen molar-refractivity contribution in [1.29, 1.82) is 0 Å². The van der Waals surface area contributed by atoms with Crippen LogP contribution in [0.4, 0.5) is 0 Å². The largest absolute Gasteiger partial charge is 0.294 e. The first-order valence-corrected chi connectivity index (χ1v) is 8.82. The SMILES string of the molecule is Cn1c(SCCCC(=O)c2ccccc2)nc2ccccc2c1=O. The van der Waals surface area contributed by atoms with Crippen molar-refractivity contribution in [3.05, 3.63) is 70.5 Å². The number of nitrogens with zero attached hydrogens (tertiary/aromatic N) is 2. The molecule has 3 rings (SSSR count). The summed E-state index contributed by atoms with van der Waals surface area (Å²) in [5.74, 6) is 0.897. The molecule has 1 aromatic heterocycles. The molecule has 0 aliphatic carbocycles. The van der Waals surface area contributed by atoms with Crippen LogP contribution < -0.4 is 5.56 Å². The minimum atomic E-state index is -0.0385. The molecule has 0 saturated carbocycles. The number of para-hydroxylation sites is 1. The smallest absolute Gasteiger partial charge is 0.261 e. The minimum absolute atomic E-state index is 0.0385. The van der Waals surface area contributed by atoms with E-state index in [0.717, 1.165) is 17.7 Å². The molecule has 24 heavy (non-hydrogen) atoms. The number of carbonyl (C=O) groups is 1. The molecule has 0 aliphatic heterocycles. The molecule has 0 N–H and O–H groups in total. The summed E-state index contributed by atoms with van der Waals surface area (Å²) in [6.45, 7) is 0. The van der Waals surface area contributed by atoms with Gasteiger partial charge in [0.25, 0.3) is 5.56 Å². The third kappa shape index (κ3) is 3.57. The van der Waals surface area contributed by atoms with E-state index in [1.54, 1.807) is 17.7 Å². The average Bonchev–Trinajstić information content (AvgIpc) is 2.63. The number of Topliss-reactive ketones (excluding diaryl/α,β-unsaturated/α-hetero) is 1. The molecule has 5 heteroatoms. The molecule has 0 saturated heterocycles. The van der Waals surface area contributed by atoms with E-state index in [9.17, 15) is 9.59 Å². The molecule has 0 fully saturated rings. The Hall–Kier alpha value is -2.40. The van der Waals surface area contributed by atoms with Crippen molar-refractivity contribution in [1.82, 2.24) is 9.55 Å². The molecular formula is C19H18N2O2S. The van der Waals surface area contributed by atoms with E-state index >= 15 is 0 Å². The van der Waals surface area contributed by atoms with Gasteiger partial charge in [-0.05, 0) is 18.6 Å². The van der Waals surface area contributed by atoms with Crippen LogP contribution >= 0.6 is 11.8 Å². The number of carbonyl (C=O) groups excluding carboxylic acids is 1. The molecule has 2 aromatic carbocycles. The Labute approximate surface area is 144 Å². The van der Waals surface area contributed by atoms with Crippen molar-refractivity contribution in [3.63, 3.8) is 0 Å². The summed E-state index contributed by atoms with van der Waals surface area (Å²) in [6.07, 6.45) is 1.25. The quantitative estimate of drug-likeness (QED) is 0.298. The predicted molar refractivity (Wildman–Crippen MR) is 97.7 cm³/mol. The highest BCUT2D eigenvalue weighted by molar-refractivity contribution is 7.99. The highest BCUT2D eigenvalue weighted by Crippen LogP contribution is 2.18. The Balaban J connectivity index is 1.63. The fourth-order valence-electron chi connectivity index (χ4n) is 2.49. The molecule has 122 valence electrons. The fourth-order valence-corrected chi connectivity index (χ4v) is 3.40. The van der Waals surface area contributed by atoms with Gasteiger partial charge in [0.15, 0.2) is 10.9 Å². The maximum atomic E-state index is 12.3. The summed E-state index contributed by atoms with van der Waals surface area (Å²) < 4.78 is 1.58. The Morgan fingerprint density at radius 2 is 1.79 bits per heavy atom. The van der Waals surface area contributed by atoms with E-state index in [0.29, 0.717) is 22.5 Å². The summed E-state index contributed by atoms with van der Waals surface area (Å²) in [6, 6.07) is 16.7. The Morgan fingerprint density at radius 1 is 1.08 bits per heavy atom. The number of ketones is 1. The lowest BCUT2D eigenvalue weighted by molar-refractivity contribution is 0.0982. The summed E-state index contributed by atoms with van der Waals surface area (Å²) in [5, 5.41) is 1.31. The van der Waals surface area contributed by atoms with Crippen molar-refractivity contribution >= 4 is 28.4 Å².